The van der Waals surface area contributed by atoms with Gasteiger partial charge in [0, 0.05) is 36.2 Å². The second-order valence-electron chi connectivity index (χ2n) is 11.5. The number of nitrogens with one attached hydrogen (secondary N) is 1. The van der Waals surface area contributed by atoms with Crippen molar-refractivity contribution in [2.24, 2.45) is 11.3 Å². The molecule has 1 atom stereocenters. The molecule has 6 nitrogen and oxygen atoms in total. The van der Waals surface area contributed by atoms with Crippen LogP contribution in [-0.2, 0) is 17.6 Å². The highest BCUT2D eigenvalue weighted by molar-refractivity contribution is 5.86. The summed E-state index contributed by atoms with van der Waals surface area (Å²) in [5, 5.41) is 4.09. The zero-order valence-corrected chi connectivity index (χ0v) is 22.3. The van der Waals surface area contributed by atoms with Crippen molar-refractivity contribution in [3.05, 3.63) is 53.7 Å². The quantitative estimate of drug-likeness (QED) is 0.431. The Bertz CT molecular complexity index is 1190. The Labute approximate surface area is 215 Å². The average molecular weight is 488 g/mol. The molecule has 6 heteroatoms. The van der Waals surface area contributed by atoms with E-state index < -0.39 is 0 Å². The van der Waals surface area contributed by atoms with Gasteiger partial charge in [-0.1, -0.05) is 39.8 Å². The van der Waals surface area contributed by atoms with Gasteiger partial charge in [-0.25, -0.2) is 4.98 Å². The topological polar surface area (TPSA) is 84.1 Å². The monoisotopic (exact) mass is 487 g/mol. The van der Waals surface area contributed by atoms with Crippen LogP contribution in [0.4, 0.5) is 5.82 Å². The molecule has 3 N–H and O–H groups in total. The van der Waals surface area contributed by atoms with E-state index in [0.717, 1.165) is 47.1 Å². The predicted octanol–water partition coefficient (Wildman–Crippen LogP) is 5.25. The minimum absolute atomic E-state index is 0.0589. The molecule has 3 heterocycles. The number of amides is 1. The minimum Gasteiger partial charge on any atom is -0.383 e. The van der Waals surface area contributed by atoms with E-state index in [-0.39, 0.29) is 17.2 Å². The average Bonchev–Trinajstić information content (AvgIpc) is 3.36. The summed E-state index contributed by atoms with van der Waals surface area (Å²) in [5.74, 6) is 0.375. The van der Waals surface area contributed by atoms with E-state index in [0.29, 0.717) is 18.8 Å². The van der Waals surface area contributed by atoms with Gasteiger partial charge in [0.25, 0.3) is 0 Å². The molecule has 1 aliphatic rings. The Hall–Kier alpha value is -2.99. The molecule has 1 saturated heterocycles. The first-order valence-corrected chi connectivity index (χ1v) is 13.3. The number of nitrogen functional groups attached to an aromatic ring is 1. The van der Waals surface area contributed by atoms with Crippen molar-refractivity contribution in [3.8, 4) is 11.3 Å². The molecule has 2 aromatic heterocycles. The van der Waals surface area contributed by atoms with Gasteiger partial charge in [-0.05, 0) is 86.0 Å². The first kappa shape index (κ1) is 26.1. The molecule has 3 aromatic rings. The lowest BCUT2D eigenvalue weighted by molar-refractivity contribution is -0.124. The maximum absolute atomic E-state index is 12.7. The van der Waals surface area contributed by atoms with Gasteiger partial charge >= 0.3 is 0 Å². The fourth-order valence-electron chi connectivity index (χ4n) is 4.89. The number of hydrogen-bond acceptors (Lipinski definition) is 5. The maximum Gasteiger partial charge on any atom is 0.223 e. The van der Waals surface area contributed by atoms with Gasteiger partial charge in [-0.15, -0.1) is 0 Å². The fraction of sp³-hybridized carbons (Fsp3) is 0.500. The number of anilines is 1. The summed E-state index contributed by atoms with van der Waals surface area (Å²) in [6, 6.07) is 12.6. The number of pyridine rings is 2. The maximum atomic E-state index is 12.7. The highest BCUT2D eigenvalue weighted by Gasteiger charge is 2.18. The van der Waals surface area contributed by atoms with Crippen LogP contribution < -0.4 is 11.1 Å². The molecule has 1 fully saturated rings. The smallest absolute Gasteiger partial charge is 0.223 e. The van der Waals surface area contributed by atoms with Gasteiger partial charge < -0.3 is 16.0 Å². The third kappa shape index (κ3) is 6.82. The lowest BCUT2D eigenvalue weighted by Crippen LogP contribution is -2.32. The number of nitrogens with zero attached hydrogens (tertiary/aromatic N) is 3. The summed E-state index contributed by atoms with van der Waals surface area (Å²) in [6.45, 7) is 12.7. The summed E-state index contributed by atoms with van der Waals surface area (Å²) < 4.78 is 0. The van der Waals surface area contributed by atoms with Crippen LogP contribution in [0.5, 0.6) is 0 Å². The zero-order valence-electron chi connectivity index (χ0n) is 22.3. The van der Waals surface area contributed by atoms with Gasteiger partial charge in [0.15, 0.2) is 0 Å². The van der Waals surface area contributed by atoms with Crippen LogP contribution in [0.25, 0.3) is 22.2 Å². The van der Waals surface area contributed by atoms with Gasteiger partial charge in [0.1, 0.15) is 5.82 Å². The molecule has 0 radical (unpaired) electrons. The van der Waals surface area contributed by atoms with E-state index >= 15 is 0 Å². The molecular formula is C30H41N5O. The number of hydrogen-bond donors (Lipinski definition) is 2. The van der Waals surface area contributed by atoms with Crippen molar-refractivity contribution < 1.29 is 4.79 Å². The first-order chi connectivity index (χ1) is 17.2. The summed E-state index contributed by atoms with van der Waals surface area (Å²) >= 11 is 0. The normalized spacial score (nSPS) is 15.3. The molecule has 192 valence electrons. The Kier molecular flexibility index (Phi) is 8.24. The number of nitrogens with two attached hydrogens (primary N) is 1. The number of likely N-dealkylation sites (tertiary alicyclic amines) is 1. The van der Waals surface area contributed by atoms with Crippen molar-refractivity contribution >= 4 is 22.6 Å². The highest BCUT2D eigenvalue weighted by Crippen LogP contribution is 2.28. The van der Waals surface area contributed by atoms with Crippen LogP contribution in [0.1, 0.15) is 58.1 Å². The third-order valence-electron chi connectivity index (χ3n) is 7.14. The number of aromatic nitrogens is 2. The van der Waals surface area contributed by atoms with Gasteiger partial charge in [-0.2, -0.15) is 0 Å². The molecule has 1 amide bonds. The van der Waals surface area contributed by atoms with E-state index in [2.05, 4.69) is 60.2 Å². The number of rotatable bonds is 9. The van der Waals surface area contributed by atoms with Crippen LogP contribution in [0.15, 0.2) is 42.6 Å². The van der Waals surface area contributed by atoms with Crippen molar-refractivity contribution in [3.63, 3.8) is 0 Å². The molecule has 0 saturated carbocycles. The second-order valence-corrected chi connectivity index (χ2v) is 11.5. The van der Waals surface area contributed by atoms with Crippen molar-refractivity contribution in [2.75, 3.05) is 31.9 Å². The largest absolute Gasteiger partial charge is 0.383 e. The van der Waals surface area contributed by atoms with E-state index in [9.17, 15) is 4.79 Å². The number of benzene rings is 1. The fourth-order valence-corrected chi connectivity index (χ4v) is 4.89. The Morgan fingerprint density at radius 3 is 2.67 bits per heavy atom. The van der Waals surface area contributed by atoms with Crippen LogP contribution in [-0.4, -0.2) is 47.0 Å². The Balaban J connectivity index is 1.50. The molecule has 0 spiro atoms. The second kappa shape index (κ2) is 11.4. The Morgan fingerprint density at radius 1 is 1.14 bits per heavy atom. The van der Waals surface area contributed by atoms with E-state index in [1.165, 1.54) is 31.5 Å². The zero-order chi connectivity index (χ0) is 25.7. The van der Waals surface area contributed by atoms with Crippen LogP contribution >= 0.6 is 0 Å². The summed E-state index contributed by atoms with van der Waals surface area (Å²) in [7, 11) is 0. The lowest BCUT2D eigenvalue weighted by atomic mass is 9.92. The van der Waals surface area contributed by atoms with Crippen LogP contribution in [0.2, 0.25) is 0 Å². The Morgan fingerprint density at radius 2 is 1.92 bits per heavy atom. The molecule has 4 rings (SSSR count). The number of fused-ring (bicyclic) bond motifs is 1. The van der Waals surface area contributed by atoms with Crippen molar-refractivity contribution in [2.45, 2.75) is 59.8 Å². The molecule has 0 bridgehead atoms. The number of carbonyl (C=O) groups excluding carboxylic acids is 1. The first-order valence-electron chi connectivity index (χ1n) is 13.3. The van der Waals surface area contributed by atoms with Crippen molar-refractivity contribution in [1.82, 2.24) is 20.2 Å². The lowest BCUT2D eigenvalue weighted by Gasteiger charge is -2.19. The van der Waals surface area contributed by atoms with E-state index in [1.807, 2.05) is 25.3 Å². The standard InChI is InChI=1S/C30H41N5O/c1-21(29(36)33-14-12-30(2,3)4)18-25-20-24-19-23(9-10-26(24)34-28(25)31)27-22(8-7-13-32-27)11-17-35-15-5-6-16-35/h7-10,13,19-21H,5-6,11-12,14-18H2,1-4H3,(H2,31,34)(H,33,36). The molecule has 1 unspecified atom stereocenters. The molecule has 36 heavy (non-hydrogen) atoms. The number of carbonyl (C=O) groups is 1. The SMILES string of the molecule is CC(Cc1cc2cc(-c3ncccc3CCN3CCCC3)ccc2nc1N)C(=O)NCCC(C)(C)C. The van der Waals surface area contributed by atoms with E-state index in [1.54, 1.807) is 0 Å². The van der Waals surface area contributed by atoms with Gasteiger partial charge in [-0.3, -0.25) is 9.78 Å². The van der Waals surface area contributed by atoms with Gasteiger partial charge in [0.2, 0.25) is 5.91 Å². The molecule has 1 aliphatic heterocycles. The molecular weight excluding hydrogens is 446 g/mol. The summed E-state index contributed by atoms with van der Waals surface area (Å²) in [6.07, 6.45) is 6.98. The van der Waals surface area contributed by atoms with Gasteiger partial charge in [0.05, 0.1) is 11.2 Å². The van der Waals surface area contributed by atoms with Crippen LogP contribution in [0.3, 0.4) is 0 Å². The van der Waals surface area contributed by atoms with E-state index in [4.69, 9.17) is 10.7 Å². The van der Waals surface area contributed by atoms with Crippen LogP contribution in [0, 0.1) is 11.3 Å². The predicted molar refractivity (Wildman–Crippen MR) is 149 cm³/mol. The minimum atomic E-state index is -0.178. The molecule has 0 aliphatic carbocycles. The highest BCUT2D eigenvalue weighted by atomic mass is 16.1. The van der Waals surface area contributed by atoms with Crippen molar-refractivity contribution in [1.29, 1.82) is 0 Å². The third-order valence-corrected chi connectivity index (χ3v) is 7.14. The summed E-state index contributed by atoms with van der Waals surface area (Å²) in [4.78, 5) is 24.6. The molecule has 1 aromatic carbocycles. The summed E-state index contributed by atoms with van der Waals surface area (Å²) in [5.41, 5.74) is 11.7.